The summed E-state index contributed by atoms with van der Waals surface area (Å²) in [7, 11) is 0. The first-order valence-electron chi connectivity index (χ1n) is 4.30. The lowest BCUT2D eigenvalue weighted by Gasteiger charge is -2.07. The summed E-state index contributed by atoms with van der Waals surface area (Å²) in [5, 5.41) is 0.274. The van der Waals surface area contributed by atoms with Crippen molar-refractivity contribution in [2.45, 2.75) is 6.18 Å². The van der Waals surface area contributed by atoms with Crippen LogP contribution >= 0.6 is 27.5 Å². The SMILES string of the molecule is O=c1oc2cc(C(F)(F)F)ccc2c(Cl)c1Br. The molecule has 17 heavy (non-hydrogen) atoms. The second kappa shape index (κ2) is 4.03. The zero-order valence-corrected chi connectivity index (χ0v) is 10.3. The Kier molecular flexibility index (Phi) is 2.95. The smallest absolute Gasteiger partial charge is 0.416 e. The number of rotatable bonds is 0. The Labute approximate surface area is 106 Å². The van der Waals surface area contributed by atoms with Crippen LogP contribution in [0.4, 0.5) is 13.2 Å². The molecule has 90 valence electrons. The van der Waals surface area contributed by atoms with Gasteiger partial charge in [0, 0.05) is 5.39 Å². The minimum Gasteiger partial charge on any atom is -0.422 e. The molecule has 0 aliphatic carbocycles. The molecule has 0 bridgehead atoms. The van der Waals surface area contributed by atoms with Crippen LogP contribution in [0.2, 0.25) is 5.02 Å². The van der Waals surface area contributed by atoms with E-state index in [9.17, 15) is 18.0 Å². The van der Waals surface area contributed by atoms with Crippen molar-refractivity contribution in [2.24, 2.45) is 0 Å². The molecule has 0 saturated carbocycles. The summed E-state index contributed by atoms with van der Waals surface area (Å²) in [4.78, 5) is 11.2. The summed E-state index contributed by atoms with van der Waals surface area (Å²) in [5.74, 6) is 0. The third-order valence-electron chi connectivity index (χ3n) is 2.12. The van der Waals surface area contributed by atoms with E-state index in [0.717, 1.165) is 18.2 Å². The van der Waals surface area contributed by atoms with Gasteiger partial charge in [0.2, 0.25) is 0 Å². The van der Waals surface area contributed by atoms with Crippen LogP contribution in [0.15, 0.2) is 31.9 Å². The molecular formula is C10H3BrClF3O2. The van der Waals surface area contributed by atoms with E-state index in [-0.39, 0.29) is 20.5 Å². The lowest BCUT2D eigenvalue weighted by molar-refractivity contribution is -0.137. The first-order chi connectivity index (χ1) is 7.80. The van der Waals surface area contributed by atoms with Crippen LogP contribution in [0.3, 0.4) is 0 Å². The molecule has 2 nitrogen and oxygen atoms in total. The molecule has 1 heterocycles. The van der Waals surface area contributed by atoms with E-state index in [1.807, 2.05) is 0 Å². The third kappa shape index (κ3) is 2.19. The minimum atomic E-state index is -4.49. The average molecular weight is 327 g/mol. The number of fused-ring (bicyclic) bond motifs is 1. The van der Waals surface area contributed by atoms with E-state index in [1.165, 1.54) is 0 Å². The lowest BCUT2D eigenvalue weighted by Crippen LogP contribution is -2.06. The maximum absolute atomic E-state index is 12.4. The molecule has 0 radical (unpaired) electrons. The molecule has 1 aromatic carbocycles. The predicted molar refractivity (Wildman–Crippen MR) is 60.2 cm³/mol. The number of hydrogen-bond donors (Lipinski definition) is 0. The molecule has 0 N–H and O–H groups in total. The predicted octanol–water partition coefficient (Wildman–Crippen LogP) is 4.23. The Morgan fingerprint density at radius 1 is 1.29 bits per heavy atom. The summed E-state index contributed by atoms with van der Waals surface area (Å²) in [5.41, 5.74) is -1.91. The quantitative estimate of drug-likeness (QED) is 0.678. The summed E-state index contributed by atoms with van der Waals surface area (Å²) >= 11 is 8.71. The number of halogens is 5. The Balaban J connectivity index is 2.81. The molecule has 0 amide bonds. The number of hydrogen-bond acceptors (Lipinski definition) is 2. The van der Waals surface area contributed by atoms with Crippen molar-refractivity contribution in [1.29, 1.82) is 0 Å². The fourth-order valence-electron chi connectivity index (χ4n) is 1.32. The first kappa shape index (κ1) is 12.4. The van der Waals surface area contributed by atoms with Gasteiger partial charge in [0.15, 0.2) is 0 Å². The van der Waals surface area contributed by atoms with E-state index >= 15 is 0 Å². The highest BCUT2D eigenvalue weighted by atomic mass is 79.9. The summed E-state index contributed by atoms with van der Waals surface area (Å²) < 4.78 is 42.0. The van der Waals surface area contributed by atoms with Gasteiger partial charge in [0.1, 0.15) is 10.1 Å². The molecule has 0 unspecified atom stereocenters. The van der Waals surface area contributed by atoms with Gasteiger partial charge in [-0.3, -0.25) is 0 Å². The number of benzene rings is 1. The molecule has 0 fully saturated rings. The van der Waals surface area contributed by atoms with Crippen LogP contribution in [0, 0.1) is 0 Å². The van der Waals surface area contributed by atoms with Crippen molar-refractivity contribution < 1.29 is 17.6 Å². The highest BCUT2D eigenvalue weighted by Crippen LogP contribution is 2.34. The monoisotopic (exact) mass is 326 g/mol. The molecule has 0 aliphatic rings. The maximum Gasteiger partial charge on any atom is 0.416 e. The topological polar surface area (TPSA) is 30.2 Å². The Morgan fingerprint density at radius 3 is 2.53 bits per heavy atom. The second-order valence-corrected chi connectivity index (χ2v) is 4.40. The largest absolute Gasteiger partial charge is 0.422 e. The minimum absolute atomic E-state index is 0.00794. The van der Waals surface area contributed by atoms with Crippen LogP contribution in [-0.2, 0) is 6.18 Å². The average Bonchev–Trinajstić information content (AvgIpc) is 2.24. The first-order valence-corrected chi connectivity index (χ1v) is 5.47. The molecular weight excluding hydrogens is 324 g/mol. The van der Waals surface area contributed by atoms with Gasteiger partial charge in [-0.2, -0.15) is 13.2 Å². The third-order valence-corrected chi connectivity index (χ3v) is 3.46. The normalized spacial score (nSPS) is 12.1. The van der Waals surface area contributed by atoms with E-state index in [0.29, 0.717) is 0 Å². The number of alkyl halides is 3. The molecule has 0 atom stereocenters. The zero-order valence-electron chi connectivity index (χ0n) is 7.94. The van der Waals surface area contributed by atoms with Crippen LogP contribution in [0.5, 0.6) is 0 Å². The molecule has 7 heteroatoms. The Bertz CT molecular complexity index is 648. The van der Waals surface area contributed by atoms with Crippen LogP contribution < -0.4 is 5.63 Å². The van der Waals surface area contributed by atoms with Gasteiger partial charge in [-0.1, -0.05) is 11.6 Å². The highest BCUT2D eigenvalue weighted by Gasteiger charge is 2.31. The van der Waals surface area contributed by atoms with Gasteiger partial charge in [-0.05, 0) is 34.1 Å². The van der Waals surface area contributed by atoms with Crippen molar-refractivity contribution in [2.75, 3.05) is 0 Å². The van der Waals surface area contributed by atoms with Crippen molar-refractivity contribution in [3.05, 3.63) is 43.7 Å². The van der Waals surface area contributed by atoms with Gasteiger partial charge in [0.25, 0.3) is 0 Å². The summed E-state index contributed by atoms with van der Waals surface area (Å²) in [6.07, 6.45) is -4.49. The van der Waals surface area contributed by atoms with E-state index in [2.05, 4.69) is 15.9 Å². The van der Waals surface area contributed by atoms with Gasteiger partial charge >= 0.3 is 11.8 Å². The van der Waals surface area contributed by atoms with Gasteiger partial charge < -0.3 is 4.42 Å². The highest BCUT2D eigenvalue weighted by molar-refractivity contribution is 9.10. The molecule has 0 aliphatic heterocycles. The van der Waals surface area contributed by atoms with E-state index in [4.69, 9.17) is 16.0 Å². The summed E-state index contributed by atoms with van der Waals surface area (Å²) in [6, 6.07) is 2.78. The van der Waals surface area contributed by atoms with Crippen molar-refractivity contribution in [1.82, 2.24) is 0 Å². The van der Waals surface area contributed by atoms with Crippen molar-refractivity contribution in [3.63, 3.8) is 0 Å². The van der Waals surface area contributed by atoms with Gasteiger partial charge in [-0.15, -0.1) is 0 Å². The fraction of sp³-hybridized carbons (Fsp3) is 0.100. The van der Waals surface area contributed by atoms with Crippen LogP contribution in [0.25, 0.3) is 11.0 Å². The van der Waals surface area contributed by atoms with E-state index < -0.39 is 17.4 Å². The van der Waals surface area contributed by atoms with Gasteiger partial charge in [-0.25, -0.2) is 4.79 Å². The van der Waals surface area contributed by atoms with Crippen LogP contribution in [-0.4, -0.2) is 0 Å². The van der Waals surface area contributed by atoms with Crippen molar-refractivity contribution >= 4 is 38.5 Å². The second-order valence-electron chi connectivity index (χ2n) is 3.23. The fourth-order valence-corrected chi connectivity index (χ4v) is 1.84. The summed E-state index contributed by atoms with van der Waals surface area (Å²) in [6.45, 7) is 0. The molecule has 1 aromatic heterocycles. The zero-order chi connectivity index (χ0) is 12.8. The maximum atomic E-state index is 12.4. The van der Waals surface area contributed by atoms with E-state index in [1.54, 1.807) is 0 Å². The van der Waals surface area contributed by atoms with Gasteiger partial charge in [0.05, 0.1) is 10.6 Å². The standard InChI is InChI=1S/C10H3BrClF3O2/c11-7-8(12)5-2-1-4(10(13,14)15)3-6(5)17-9(7)16/h1-3H. The molecule has 2 rings (SSSR count). The lowest BCUT2D eigenvalue weighted by atomic mass is 10.1. The van der Waals surface area contributed by atoms with Crippen LogP contribution in [0.1, 0.15) is 5.56 Å². The van der Waals surface area contributed by atoms with Crippen molar-refractivity contribution in [3.8, 4) is 0 Å². The molecule has 0 spiro atoms. The Hall–Kier alpha value is -1.01. The Morgan fingerprint density at radius 2 is 1.94 bits per heavy atom. The molecule has 0 saturated heterocycles. The molecule has 2 aromatic rings.